The lowest BCUT2D eigenvalue weighted by Crippen LogP contribution is -2.24. The first-order chi connectivity index (χ1) is 12.2. The summed E-state index contributed by atoms with van der Waals surface area (Å²) in [5, 5.41) is 6.72. The number of carbonyl (C=O) groups excluding carboxylic acids is 1. The SMILES string of the molecule is CCCNC(=O)CCSc1ncnc2scc(-c3ccc(F)cc3)c12. The summed E-state index contributed by atoms with van der Waals surface area (Å²) in [6.45, 7) is 2.74. The maximum absolute atomic E-state index is 13.2. The van der Waals surface area contributed by atoms with Gasteiger partial charge in [-0.15, -0.1) is 23.1 Å². The van der Waals surface area contributed by atoms with Crippen molar-refractivity contribution >= 4 is 39.2 Å². The number of nitrogens with one attached hydrogen (secondary N) is 1. The minimum atomic E-state index is -0.257. The molecular weight excluding hydrogens is 357 g/mol. The Kier molecular flexibility index (Phi) is 5.99. The van der Waals surface area contributed by atoms with Gasteiger partial charge in [0.2, 0.25) is 5.91 Å². The van der Waals surface area contributed by atoms with Gasteiger partial charge in [-0.2, -0.15) is 0 Å². The van der Waals surface area contributed by atoms with Crippen LogP contribution in [0.4, 0.5) is 4.39 Å². The Labute approximate surface area is 153 Å². The maximum atomic E-state index is 13.2. The molecule has 1 aromatic carbocycles. The highest BCUT2D eigenvalue weighted by Crippen LogP contribution is 2.37. The van der Waals surface area contributed by atoms with Crippen LogP contribution in [0.5, 0.6) is 0 Å². The van der Waals surface area contributed by atoms with Crippen molar-refractivity contribution in [1.29, 1.82) is 0 Å². The van der Waals surface area contributed by atoms with E-state index in [9.17, 15) is 9.18 Å². The Morgan fingerprint density at radius 2 is 2.08 bits per heavy atom. The van der Waals surface area contributed by atoms with Crippen molar-refractivity contribution < 1.29 is 9.18 Å². The lowest BCUT2D eigenvalue weighted by atomic mass is 10.1. The van der Waals surface area contributed by atoms with Gasteiger partial charge in [-0.25, -0.2) is 14.4 Å². The molecule has 0 aliphatic rings. The van der Waals surface area contributed by atoms with Crippen molar-refractivity contribution in [3.05, 3.63) is 41.8 Å². The number of thioether (sulfide) groups is 1. The van der Waals surface area contributed by atoms with Gasteiger partial charge in [0.05, 0.1) is 5.39 Å². The van der Waals surface area contributed by atoms with Crippen LogP contribution in [0.25, 0.3) is 21.3 Å². The number of aromatic nitrogens is 2. The van der Waals surface area contributed by atoms with Gasteiger partial charge in [0.25, 0.3) is 0 Å². The van der Waals surface area contributed by atoms with Crippen molar-refractivity contribution in [3.8, 4) is 11.1 Å². The lowest BCUT2D eigenvalue weighted by Gasteiger charge is -2.06. The Bertz CT molecular complexity index is 864. The van der Waals surface area contributed by atoms with E-state index in [1.165, 1.54) is 12.1 Å². The smallest absolute Gasteiger partial charge is 0.220 e. The average Bonchev–Trinajstić information content (AvgIpc) is 3.05. The predicted molar refractivity (Wildman–Crippen MR) is 101 cm³/mol. The average molecular weight is 375 g/mol. The van der Waals surface area contributed by atoms with E-state index >= 15 is 0 Å². The molecule has 4 nitrogen and oxygen atoms in total. The molecule has 0 atom stereocenters. The zero-order valence-corrected chi connectivity index (χ0v) is 15.4. The molecule has 0 saturated heterocycles. The molecule has 7 heteroatoms. The fourth-order valence-corrected chi connectivity index (χ4v) is 4.33. The fourth-order valence-electron chi connectivity index (χ4n) is 2.39. The van der Waals surface area contributed by atoms with Gasteiger partial charge >= 0.3 is 0 Å². The largest absolute Gasteiger partial charge is 0.356 e. The van der Waals surface area contributed by atoms with Gasteiger partial charge < -0.3 is 5.32 Å². The number of hydrogen-bond acceptors (Lipinski definition) is 5. The van der Waals surface area contributed by atoms with E-state index in [0.717, 1.165) is 32.8 Å². The number of halogens is 1. The van der Waals surface area contributed by atoms with Crippen molar-refractivity contribution in [2.45, 2.75) is 24.8 Å². The van der Waals surface area contributed by atoms with E-state index < -0.39 is 0 Å². The molecule has 3 aromatic rings. The van der Waals surface area contributed by atoms with Crippen LogP contribution in [0.1, 0.15) is 19.8 Å². The third-order valence-electron chi connectivity index (χ3n) is 3.63. The van der Waals surface area contributed by atoms with E-state index in [0.29, 0.717) is 18.7 Å². The second-order valence-electron chi connectivity index (χ2n) is 5.46. The summed E-state index contributed by atoms with van der Waals surface area (Å²) in [5.41, 5.74) is 1.93. The van der Waals surface area contributed by atoms with Gasteiger partial charge in [0.15, 0.2) is 0 Å². The van der Waals surface area contributed by atoms with E-state index in [2.05, 4.69) is 15.3 Å². The summed E-state index contributed by atoms with van der Waals surface area (Å²) in [6, 6.07) is 6.42. The van der Waals surface area contributed by atoms with E-state index in [-0.39, 0.29) is 11.7 Å². The molecule has 2 heterocycles. The highest BCUT2D eigenvalue weighted by molar-refractivity contribution is 7.99. The number of thiophene rings is 1. The molecule has 0 bridgehead atoms. The maximum Gasteiger partial charge on any atom is 0.220 e. The van der Waals surface area contributed by atoms with Crippen molar-refractivity contribution in [2.75, 3.05) is 12.3 Å². The van der Waals surface area contributed by atoms with E-state index in [1.807, 2.05) is 12.3 Å². The Hall–Kier alpha value is -1.99. The molecule has 1 N–H and O–H groups in total. The third-order valence-corrected chi connectivity index (χ3v) is 5.51. The van der Waals surface area contributed by atoms with Crippen LogP contribution in [-0.2, 0) is 4.79 Å². The van der Waals surface area contributed by atoms with Crippen LogP contribution < -0.4 is 5.32 Å². The normalized spacial score (nSPS) is 11.0. The monoisotopic (exact) mass is 375 g/mol. The minimum absolute atomic E-state index is 0.0590. The summed E-state index contributed by atoms with van der Waals surface area (Å²) in [5.74, 6) is 0.455. The molecule has 1 amide bonds. The number of benzene rings is 1. The highest BCUT2D eigenvalue weighted by Gasteiger charge is 2.14. The predicted octanol–water partition coefficient (Wildman–Crippen LogP) is 4.51. The molecular formula is C18H18FN3OS2. The van der Waals surface area contributed by atoms with Crippen LogP contribution in [0.15, 0.2) is 41.0 Å². The molecule has 0 aliphatic heterocycles. The summed E-state index contributed by atoms with van der Waals surface area (Å²) >= 11 is 3.09. The number of nitrogens with zero attached hydrogens (tertiary/aromatic N) is 2. The molecule has 0 unspecified atom stereocenters. The summed E-state index contributed by atoms with van der Waals surface area (Å²) in [4.78, 5) is 21.4. The fraction of sp³-hybridized carbons (Fsp3) is 0.278. The summed E-state index contributed by atoms with van der Waals surface area (Å²) < 4.78 is 13.2. The number of rotatable bonds is 7. The number of fused-ring (bicyclic) bond motifs is 1. The van der Waals surface area contributed by atoms with Crippen LogP contribution in [0.2, 0.25) is 0 Å². The number of hydrogen-bond donors (Lipinski definition) is 1. The van der Waals surface area contributed by atoms with Crippen LogP contribution in [0.3, 0.4) is 0 Å². The second kappa shape index (κ2) is 8.40. The molecule has 0 fully saturated rings. The molecule has 0 saturated carbocycles. The van der Waals surface area contributed by atoms with Crippen LogP contribution in [-0.4, -0.2) is 28.2 Å². The van der Waals surface area contributed by atoms with Gasteiger partial charge in [0.1, 0.15) is 22.0 Å². The van der Waals surface area contributed by atoms with Gasteiger partial charge in [-0.3, -0.25) is 4.79 Å². The molecule has 25 heavy (non-hydrogen) atoms. The topological polar surface area (TPSA) is 54.9 Å². The molecule has 2 aromatic heterocycles. The van der Waals surface area contributed by atoms with Crippen molar-refractivity contribution in [1.82, 2.24) is 15.3 Å². The molecule has 3 rings (SSSR count). The van der Waals surface area contributed by atoms with Gasteiger partial charge in [-0.05, 0) is 24.1 Å². The molecule has 0 spiro atoms. The third kappa shape index (κ3) is 4.35. The minimum Gasteiger partial charge on any atom is -0.356 e. The first-order valence-corrected chi connectivity index (χ1v) is 9.93. The summed E-state index contributed by atoms with van der Waals surface area (Å²) in [6.07, 6.45) is 2.93. The zero-order valence-electron chi connectivity index (χ0n) is 13.8. The van der Waals surface area contributed by atoms with E-state index in [4.69, 9.17) is 0 Å². The van der Waals surface area contributed by atoms with E-state index in [1.54, 1.807) is 41.6 Å². The summed E-state index contributed by atoms with van der Waals surface area (Å²) in [7, 11) is 0. The quantitative estimate of drug-likeness (QED) is 0.488. The number of amides is 1. The first-order valence-electron chi connectivity index (χ1n) is 8.06. The Morgan fingerprint density at radius 3 is 2.84 bits per heavy atom. The van der Waals surface area contributed by atoms with Crippen molar-refractivity contribution in [3.63, 3.8) is 0 Å². The molecule has 0 radical (unpaired) electrons. The highest BCUT2D eigenvalue weighted by atomic mass is 32.2. The zero-order chi connectivity index (χ0) is 17.6. The lowest BCUT2D eigenvalue weighted by molar-refractivity contribution is -0.120. The van der Waals surface area contributed by atoms with Crippen LogP contribution in [0, 0.1) is 5.82 Å². The van der Waals surface area contributed by atoms with Crippen LogP contribution >= 0.6 is 23.1 Å². The molecule has 0 aliphatic carbocycles. The van der Waals surface area contributed by atoms with Gasteiger partial charge in [0, 0.05) is 29.7 Å². The Morgan fingerprint density at radius 1 is 1.28 bits per heavy atom. The molecule has 130 valence electrons. The standard InChI is InChI=1S/C18H18FN3OS2/c1-2-8-20-15(23)7-9-24-17-16-14(10-25-18(16)22-11-21-17)12-3-5-13(19)6-4-12/h3-6,10-11H,2,7-9H2,1H3,(H,20,23). The Balaban J connectivity index is 1.80. The first kappa shape index (κ1) is 17.8. The second-order valence-corrected chi connectivity index (χ2v) is 7.41. The van der Waals surface area contributed by atoms with Gasteiger partial charge in [-0.1, -0.05) is 19.1 Å². The van der Waals surface area contributed by atoms with Crippen molar-refractivity contribution in [2.24, 2.45) is 0 Å². The number of carbonyl (C=O) groups is 1.